The molecule has 1 aromatic rings. The van der Waals surface area contributed by atoms with Gasteiger partial charge in [0.25, 0.3) is 0 Å². The maximum Gasteiger partial charge on any atom is 0.164 e. The molecular formula is C8H14ClN3O. The lowest BCUT2D eigenvalue weighted by atomic mass is 9.95. The van der Waals surface area contributed by atoms with E-state index >= 15 is 0 Å². The fourth-order valence-electron chi connectivity index (χ4n) is 0.982. The zero-order chi connectivity index (χ0) is 10.1. The van der Waals surface area contributed by atoms with Gasteiger partial charge < -0.3 is 10.8 Å². The molecule has 3 N–H and O–H groups in total. The van der Waals surface area contributed by atoms with Gasteiger partial charge in [-0.15, -0.1) is 0 Å². The van der Waals surface area contributed by atoms with Crippen LogP contribution in [0.2, 0.25) is 5.02 Å². The van der Waals surface area contributed by atoms with Gasteiger partial charge in [-0.2, -0.15) is 5.10 Å². The predicted molar refractivity (Wildman–Crippen MR) is 52.5 cm³/mol. The second-order valence-electron chi connectivity index (χ2n) is 3.88. The number of aliphatic hydroxyl groups is 1. The molecule has 0 aliphatic carbocycles. The van der Waals surface area contributed by atoms with Crippen molar-refractivity contribution in [2.24, 2.45) is 5.41 Å². The molecule has 0 fully saturated rings. The molecule has 1 aromatic heterocycles. The van der Waals surface area contributed by atoms with Crippen LogP contribution in [-0.2, 0) is 6.54 Å². The van der Waals surface area contributed by atoms with Crippen molar-refractivity contribution in [3.63, 3.8) is 0 Å². The minimum absolute atomic E-state index is 0.102. The van der Waals surface area contributed by atoms with Crippen molar-refractivity contribution in [1.29, 1.82) is 0 Å². The van der Waals surface area contributed by atoms with Crippen LogP contribution in [0.15, 0.2) is 6.20 Å². The van der Waals surface area contributed by atoms with E-state index in [1.807, 2.05) is 13.8 Å². The number of hydrogen-bond acceptors (Lipinski definition) is 3. The molecule has 0 saturated heterocycles. The van der Waals surface area contributed by atoms with Crippen LogP contribution < -0.4 is 5.73 Å². The maximum absolute atomic E-state index is 9.03. The Kier molecular flexibility index (Phi) is 2.83. The molecule has 0 aliphatic rings. The lowest BCUT2D eigenvalue weighted by Crippen LogP contribution is -2.24. The van der Waals surface area contributed by atoms with Gasteiger partial charge in [-0.1, -0.05) is 25.4 Å². The SMILES string of the molecule is CC(C)(CO)Cn1cc(Cl)c(N)n1. The highest BCUT2D eigenvalue weighted by Gasteiger charge is 2.18. The smallest absolute Gasteiger partial charge is 0.164 e. The van der Waals surface area contributed by atoms with Gasteiger partial charge in [0, 0.05) is 24.8 Å². The number of aromatic nitrogens is 2. The standard InChI is InChI=1S/C8H14ClN3O/c1-8(2,5-13)4-12-3-6(9)7(10)11-12/h3,13H,4-5H2,1-2H3,(H2,10,11). The summed E-state index contributed by atoms with van der Waals surface area (Å²) in [6, 6.07) is 0. The highest BCUT2D eigenvalue weighted by atomic mass is 35.5. The van der Waals surface area contributed by atoms with E-state index in [-0.39, 0.29) is 12.0 Å². The summed E-state index contributed by atoms with van der Waals surface area (Å²) in [5, 5.41) is 13.5. The second kappa shape index (κ2) is 3.55. The maximum atomic E-state index is 9.03. The summed E-state index contributed by atoms with van der Waals surface area (Å²) in [5.41, 5.74) is 5.27. The zero-order valence-electron chi connectivity index (χ0n) is 7.79. The lowest BCUT2D eigenvalue weighted by molar-refractivity contribution is 0.136. The molecule has 0 aromatic carbocycles. The number of nitrogens with two attached hydrogens (primary N) is 1. The number of hydrogen-bond donors (Lipinski definition) is 2. The molecule has 0 bridgehead atoms. The van der Waals surface area contributed by atoms with Crippen LogP contribution in [0.3, 0.4) is 0 Å². The molecule has 74 valence electrons. The Morgan fingerprint density at radius 1 is 1.69 bits per heavy atom. The third kappa shape index (κ3) is 2.60. The Balaban J connectivity index is 2.75. The van der Waals surface area contributed by atoms with Crippen molar-refractivity contribution < 1.29 is 5.11 Å². The Bertz CT molecular complexity index is 276. The number of anilines is 1. The number of aliphatic hydroxyl groups excluding tert-OH is 1. The molecule has 0 aliphatic heterocycles. The summed E-state index contributed by atoms with van der Waals surface area (Å²) < 4.78 is 1.65. The first-order valence-electron chi connectivity index (χ1n) is 4.04. The quantitative estimate of drug-likeness (QED) is 0.775. The second-order valence-corrected chi connectivity index (χ2v) is 4.29. The van der Waals surface area contributed by atoms with E-state index in [1.165, 1.54) is 0 Å². The van der Waals surface area contributed by atoms with E-state index in [0.29, 0.717) is 17.4 Å². The van der Waals surface area contributed by atoms with Gasteiger partial charge in [0.2, 0.25) is 0 Å². The van der Waals surface area contributed by atoms with Crippen LogP contribution in [0.1, 0.15) is 13.8 Å². The van der Waals surface area contributed by atoms with Crippen molar-refractivity contribution in [3.05, 3.63) is 11.2 Å². The number of nitrogens with zero attached hydrogens (tertiary/aromatic N) is 2. The Labute approximate surface area is 82.3 Å². The van der Waals surface area contributed by atoms with Gasteiger partial charge in [0.1, 0.15) is 5.02 Å². The fraction of sp³-hybridized carbons (Fsp3) is 0.625. The molecule has 0 spiro atoms. The number of halogens is 1. The summed E-state index contributed by atoms with van der Waals surface area (Å²) in [5.74, 6) is 0.329. The summed E-state index contributed by atoms with van der Waals surface area (Å²) >= 11 is 5.73. The van der Waals surface area contributed by atoms with Gasteiger partial charge in [0.05, 0.1) is 0 Å². The summed E-state index contributed by atoms with van der Waals surface area (Å²) in [6.07, 6.45) is 1.66. The van der Waals surface area contributed by atoms with Crippen LogP contribution in [0.25, 0.3) is 0 Å². The minimum atomic E-state index is -0.207. The van der Waals surface area contributed by atoms with E-state index in [2.05, 4.69) is 5.10 Å². The Hall–Kier alpha value is -0.740. The average molecular weight is 204 g/mol. The Morgan fingerprint density at radius 2 is 2.31 bits per heavy atom. The summed E-state index contributed by atoms with van der Waals surface area (Å²) in [4.78, 5) is 0. The molecule has 0 atom stereocenters. The average Bonchev–Trinajstić information content (AvgIpc) is 2.30. The molecule has 1 rings (SSSR count). The van der Waals surface area contributed by atoms with E-state index in [4.69, 9.17) is 22.4 Å². The first kappa shape index (κ1) is 10.3. The predicted octanol–water partition coefficient (Wildman–Crippen LogP) is 1.14. The molecule has 13 heavy (non-hydrogen) atoms. The number of rotatable bonds is 3. The van der Waals surface area contributed by atoms with Crippen molar-refractivity contribution in [3.8, 4) is 0 Å². The molecule has 0 unspecified atom stereocenters. The largest absolute Gasteiger partial charge is 0.396 e. The van der Waals surface area contributed by atoms with Gasteiger partial charge >= 0.3 is 0 Å². The van der Waals surface area contributed by atoms with Gasteiger partial charge in [0.15, 0.2) is 5.82 Å². The molecule has 4 nitrogen and oxygen atoms in total. The Morgan fingerprint density at radius 3 is 2.69 bits per heavy atom. The van der Waals surface area contributed by atoms with Crippen molar-refractivity contribution in [1.82, 2.24) is 9.78 Å². The first-order chi connectivity index (χ1) is 5.94. The molecule has 0 saturated carbocycles. The third-order valence-corrected chi connectivity index (χ3v) is 2.05. The van der Waals surface area contributed by atoms with Crippen LogP contribution in [0, 0.1) is 5.41 Å². The van der Waals surface area contributed by atoms with E-state index in [9.17, 15) is 0 Å². The van der Waals surface area contributed by atoms with Crippen LogP contribution in [0.5, 0.6) is 0 Å². The zero-order valence-corrected chi connectivity index (χ0v) is 8.54. The van der Waals surface area contributed by atoms with Crippen molar-refractivity contribution in [2.45, 2.75) is 20.4 Å². The van der Waals surface area contributed by atoms with Crippen molar-refractivity contribution >= 4 is 17.4 Å². The topological polar surface area (TPSA) is 64.1 Å². The lowest BCUT2D eigenvalue weighted by Gasteiger charge is -2.20. The molecule has 1 heterocycles. The van der Waals surface area contributed by atoms with Crippen molar-refractivity contribution in [2.75, 3.05) is 12.3 Å². The van der Waals surface area contributed by atoms with E-state index < -0.39 is 0 Å². The summed E-state index contributed by atoms with van der Waals surface area (Å²) in [6.45, 7) is 4.59. The molecular weight excluding hydrogens is 190 g/mol. The first-order valence-corrected chi connectivity index (χ1v) is 4.42. The monoisotopic (exact) mass is 203 g/mol. The highest BCUT2D eigenvalue weighted by Crippen LogP contribution is 2.20. The highest BCUT2D eigenvalue weighted by molar-refractivity contribution is 6.32. The van der Waals surface area contributed by atoms with E-state index in [1.54, 1.807) is 10.9 Å². The summed E-state index contributed by atoms with van der Waals surface area (Å²) in [7, 11) is 0. The van der Waals surface area contributed by atoms with Crippen LogP contribution >= 0.6 is 11.6 Å². The fourth-order valence-corrected chi connectivity index (χ4v) is 1.13. The van der Waals surface area contributed by atoms with E-state index in [0.717, 1.165) is 0 Å². The number of nitrogen functional groups attached to an aromatic ring is 1. The minimum Gasteiger partial charge on any atom is -0.396 e. The van der Waals surface area contributed by atoms with Crippen LogP contribution in [0.4, 0.5) is 5.82 Å². The molecule has 5 heteroatoms. The molecule has 0 radical (unpaired) electrons. The van der Waals surface area contributed by atoms with Crippen LogP contribution in [-0.4, -0.2) is 21.5 Å². The van der Waals surface area contributed by atoms with Gasteiger partial charge in [-0.3, -0.25) is 4.68 Å². The normalized spacial score (nSPS) is 12.0. The van der Waals surface area contributed by atoms with Gasteiger partial charge in [-0.05, 0) is 0 Å². The third-order valence-electron chi connectivity index (χ3n) is 1.76. The molecule has 0 amide bonds. The van der Waals surface area contributed by atoms with Gasteiger partial charge in [-0.25, -0.2) is 0 Å².